The zero-order valence-corrected chi connectivity index (χ0v) is 12.5. The van der Waals surface area contributed by atoms with Crippen LogP contribution in [0.3, 0.4) is 0 Å². The van der Waals surface area contributed by atoms with Crippen molar-refractivity contribution in [3.8, 4) is 5.75 Å². The second-order valence-corrected chi connectivity index (χ2v) is 5.86. The van der Waals surface area contributed by atoms with Crippen LogP contribution in [-0.4, -0.2) is 32.5 Å². The molecular formula is C13H16N4O3S. The lowest BCUT2D eigenvalue weighted by atomic mass is 10.2. The second kappa shape index (κ2) is 6.51. The molecule has 2 N–H and O–H groups in total. The molecule has 0 unspecified atom stereocenters. The van der Waals surface area contributed by atoms with Gasteiger partial charge in [-0.05, 0) is 31.3 Å². The molecule has 1 heterocycles. The number of anilines is 1. The van der Waals surface area contributed by atoms with Gasteiger partial charge in [0.1, 0.15) is 5.75 Å². The van der Waals surface area contributed by atoms with Gasteiger partial charge in [0.15, 0.2) is 0 Å². The molecule has 0 saturated heterocycles. The average molecular weight is 308 g/mol. The summed E-state index contributed by atoms with van der Waals surface area (Å²) >= 11 is 0. The smallest absolute Gasteiger partial charge is 0.264 e. The van der Waals surface area contributed by atoms with Crippen LogP contribution in [-0.2, 0) is 16.6 Å². The Balaban J connectivity index is 2.34. The fourth-order valence-corrected chi connectivity index (χ4v) is 2.79. The minimum atomic E-state index is -3.74. The number of hydrogen-bond donors (Lipinski definition) is 2. The van der Waals surface area contributed by atoms with Crippen LogP contribution >= 0.6 is 0 Å². The van der Waals surface area contributed by atoms with Crippen LogP contribution in [0.2, 0.25) is 0 Å². The molecule has 0 amide bonds. The first-order valence-corrected chi connectivity index (χ1v) is 7.66. The highest BCUT2D eigenvalue weighted by molar-refractivity contribution is 7.92. The van der Waals surface area contributed by atoms with Crippen LogP contribution in [0.4, 0.5) is 5.95 Å². The summed E-state index contributed by atoms with van der Waals surface area (Å²) in [5, 5.41) is 2.97. The van der Waals surface area contributed by atoms with Gasteiger partial charge < -0.3 is 10.1 Å². The summed E-state index contributed by atoms with van der Waals surface area (Å²) in [4.78, 5) is 7.81. The van der Waals surface area contributed by atoms with E-state index in [4.69, 9.17) is 4.74 Å². The Hall–Kier alpha value is -2.19. The van der Waals surface area contributed by atoms with Gasteiger partial charge in [0.05, 0.1) is 12.0 Å². The maximum atomic E-state index is 12.3. The topological polar surface area (TPSA) is 93.2 Å². The van der Waals surface area contributed by atoms with Crippen molar-refractivity contribution >= 4 is 16.0 Å². The quantitative estimate of drug-likeness (QED) is 0.827. The minimum absolute atomic E-state index is 0.0310. The summed E-state index contributed by atoms with van der Waals surface area (Å²) in [7, 11) is -0.423. The number of methoxy groups -OCH3 is 1. The lowest BCUT2D eigenvalue weighted by molar-refractivity contribution is 0.408. The Bertz CT molecular complexity index is 705. The van der Waals surface area contributed by atoms with Gasteiger partial charge in [-0.2, -0.15) is 0 Å². The van der Waals surface area contributed by atoms with E-state index in [1.807, 2.05) is 0 Å². The molecule has 112 valence electrons. The molecule has 2 aromatic rings. The van der Waals surface area contributed by atoms with Gasteiger partial charge in [0.2, 0.25) is 5.95 Å². The Kier molecular flexibility index (Phi) is 4.71. The normalized spacial score (nSPS) is 11.1. The summed E-state index contributed by atoms with van der Waals surface area (Å²) < 4.78 is 32.1. The third-order valence-corrected chi connectivity index (χ3v) is 4.05. The molecule has 0 aliphatic heterocycles. The van der Waals surface area contributed by atoms with Gasteiger partial charge in [-0.25, -0.2) is 23.1 Å². The van der Waals surface area contributed by atoms with Crippen molar-refractivity contribution in [2.75, 3.05) is 18.9 Å². The van der Waals surface area contributed by atoms with E-state index in [0.717, 1.165) is 5.56 Å². The van der Waals surface area contributed by atoms with E-state index in [-0.39, 0.29) is 10.8 Å². The predicted octanol–water partition coefficient (Wildman–Crippen LogP) is 1.01. The number of nitrogens with zero attached hydrogens (tertiary/aromatic N) is 2. The molecule has 0 fully saturated rings. The molecule has 8 heteroatoms. The maximum Gasteiger partial charge on any atom is 0.264 e. The van der Waals surface area contributed by atoms with Crippen LogP contribution in [0, 0.1) is 0 Å². The maximum absolute atomic E-state index is 12.3. The number of aromatic nitrogens is 2. The van der Waals surface area contributed by atoms with Crippen molar-refractivity contribution < 1.29 is 13.2 Å². The number of sulfonamides is 1. The third-order valence-electron chi connectivity index (χ3n) is 2.72. The number of rotatable bonds is 6. The molecule has 0 aliphatic carbocycles. The number of benzene rings is 1. The predicted molar refractivity (Wildman–Crippen MR) is 78.6 cm³/mol. The van der Waals surface area contributed by atoms with E-state index in [0.29, 0.717) is 12.3 Å². The van der Waals surface area contributed by atoms with Gasteiger partial charge in [0, 0.05) is 24.5 Å². The Morgan fingerprint density at radius 3 is 2.57 bits per heavy atom. The van der Waals surface area contributed by atoms with Crippen LogP contribution < -0.4 is 14.8 Å². The highest BCUT2D eigenvalue weighted by Gasteiger charge is 2.17. The number of nitrogens with one attached hydrogen (secondary N) is 2. The molecule has 1 aromatic heterocycles. The Labute approximate surface area is 123 Å². The molecule has 0 aliphatic rings. The Morgan fingerprint density at radius 2 is 1.95 bits per heavy atom. The van der Waals surface area contributed by atoms with E-state index in [9.17, 15) is 8.42 Å². The molecule has 7 nitrogen and oxygen atoms in total. The van der Waals surface area contributed by atoms with Gasteiger partial charge in [-0.3, -0.25) is 0 Å². The van der Waals surface area contributed by atoms with Crippen LogP contribution in [0.25, 0.3) is 0 Å². The van der Waals surface area contributed by atoms with Crippen LogP contribution in [0.1, 0.15) is 5.56 Å². The van der Waals surface area contributed by atoms with Crippen molar-refractivity contribution in [3.05, 3.63) is 42.2 Å². The SMILES string of the molecule is CNCc1cc(S(=O)(=O)Nc2ncccn2)ccc1OC. The molecule has 21 heavy (non-hydrogen) atoms. The van der Waals surface area contributed by atoms with Crippen molar-refractivity contribution in [1.29, 1.82) is 0 Å². The molecule has 0 saturated carbocycles. The van der Waals surface area contributed by atoms with E-state index in [1.54, 1.807) is 32.4 Å². The van der Waals surface area contributed by atoms with Crippen molar-refractivity contribution in [2.45, 2.75) is 11.4 Å². The summed E-state index contributed by atoms with van der Waals surface area (Å²) in [6.07, 6.45) is 2.93. The molecule has 0 bridgehead atoms. The Morgan fingerprint density at radius 1 is 1.24 bits per heavy atom. The zero-order chi connectivity index (χ0) is 15.3. The number of hydrogen-bond acceptors (Lipinski definition) is 6. The average Bonchev–Trinajstić information content (AvgIpc) is 2.48. The lowest BCUT2D eigenvalue weighted by Gasteiger charge is -2.11. The van der Waals surface area contributed by atoms with E-state index in [1.165, 1.54) is 18.5 Å². The van der Waals surface area contributed by atoms with Gasteiger partial charge in [0.25, 0.3) is 10.0 Å². The molecular weight excluding hydrogens is 292 g/mol. The minimum Gasteiger partial charge on any atom is -0.496 e. The van der Waals surface area contributed by atoms with E-state index in [2.05, 4.69) is 20.0 Å². The van der Waals surface area contributed by atoms with Crippen molar-refractivity contribution in [3.63, 3.8) is 0 Å². The summed E-state index contributed by atoms with van der Waals surface area (Å²) in [5.41, 5.74) is 0.747. The summed E-state index contributed by atoms with van der Waals surface area (Å²) in [6.45, 7) is 0.494. The molecule has 0 atom stereocenters. The lowest BCUT2D eigenvalue weighted by Crippen LogP contribution is -2.16. The summed E-state index contributed by atoms with van der Waals surface area (Å²) in [6, 6.07) is 6.26. The number of ether oxygens (including phenoxy) is 1. The highest BCUT2D eigenvalue weighted by atomic mass is 32.2. The van der Waals surface area contributed by atoms with E-state index < -0.39 is 10.0 Å². The molecule has 2 rings (SSSR count). The second-order valence-electron chi connectivity index (χ2n) is 4.18. The van der Waals surface area contributed by atoms with Crippen LogP contribution in [0.15, 0.2) is 41.6 Å². The largest absolute Gasteiger partial charge is 0.496 e. The fraction of sp³-hybridized carbons (Fsp3) is 0.231. The van der Waals surface area contributed by atoms with Crippen molar-refractivity contribution in [1.82, 2.24) is 15.3 Å². The molecule has 0 radical (unpaired) electrons. The van der Waals surface area contributed by atoms with E-state index >= 15 is 0 Å². The summed E-state index contributed by atoms with van der Waals surface area (Å²) in [5.74, 6) is 0.655. The van der Waals surface area contributed by atoms with Gasteiger partial charge >= 0.3 is 0 Å². The zero-order valence-electron chi connectivity index (χ0n) is 11.7. The third kappa shape index (κ3) is 3.67. The fourth-order valence-electron chi connectivity index (χ4n) is 1.78. The highest BCUT2D eigenvalue weighted by Crippen LogP contribution is 2.23. The first-order valence-electron chi connectivity index (χ1n) is 6.18. The first kappa shape index (κ1) is 15.2. The van der Waals surface area contributed by atoms with Crippen LogP contribution in [0.5, 0.6) is 5.75 Å². The first-order chi connectivity index (χ1) is 10.1. The molecule has 1 aromatic carbocycles. The van der Waals surface area contributed by atoms with Gasteiger partial charge in [-0.15, -0.1) is 0 Å². The molecule has 0 spiro atoms. The van der Waals surface area contributed by atoms with Crippen molar-refractivity contribution in [2.24, 2.45) is 0 Å². The monoisotopic (exact) mass is 308 g/mol. The standard InChI is InChI=1S/C13H16N4O3S/c1-14-9-10-8-11(4-5-12(10)20-2)21(18,19)17-13-15-6-3-7-16-13/h3-8,14H,9H2,1-2H3,(H,15,16,17). The van der Waals surface area contributed by atoms with Gasteiger partial charge in [-0.1, -0.05) is 0 Å².